The van der Waals surface area contributed by atoms with E-state index in [0.717, 1.165) is 0 Å². The average Bonchev–Trinajstić information content (AvgIpc) is 3.22. The van der Waals surface area contributed by atoms with Crippen LogP contribution in [0.25, 0.3) is 32.7 Å². The van der Waals surface area contributed by atoms with Gasteiger partial charge in [-0.1, -0.05) is 133 Å². The highest BCUT2D eigenvalue weighted by Crippen LogP contribution is 2.59. The Bertz CT molecular complexity index is 1520. The van der Waals surface area contributed by atoms with Crippen molar-refractivity contribution >= 4 is 21.5 Å². The van der Waals surface area contributed by atoms with E-state index >= 15 is 0 Å². The predicted octanol–water partition coefficient (Wildman–Crippen LogP) is 8.36. The molecule has 6 aromatic rings. The molecule has 1 aliphatic rings. The van der Waals surface area contributed by atoms with Crippen LogP contribution in [-0.2, 0) is 5.41 Å². The van der Waals surface area contributed by atoms with Crippen molar-refractivity contribution < 1.29 is 0 Å². The van der Waals surface area contributed by atoms with E-state index in [9.17, 15) is 0 Å². The van der Waals surface area contributed by atoms with Crippen LogP contribution in [0.2, 0.25) is 0 Å². The molecular formula is C33H22. The van der Waals surface area contributed by atoms with Gasteiger partial charge in [-0.25, -0.2) is 0 Å². The van der Waals surface area contributed by atoms with Gasteiger partial charge in [-0.05, 0) is 54.9 Å². The molecule has 1 aliphatic carbocycles. The Balaban J connectivity index is 1.79. The van der Waals surface area contributed by atoms with Gasteiger partial charge >= 0.3 is 0 Å². The summed E-state index contributed by atoms with van der Waals surface area (Å²) in [5, 5.41) is 5.21. The molecule has 0 unspecified atom stereocenters. The summed E-state index contributed by atoms with van der Waals surface area (Å²) in [6.07, 6.45) is 0. The second-order valence-electron chi connectivity index (χ2n) is 8.90. The first kappa shape index (κ1) is 18.4. The molecule has 0 saturated carbocycles. The Hall–Kier alpha value is -4.16. The lowest BCUT2D eigenvalue weighted by Gasteiger charge is -2.35. The summed E-state index contributed by atoms with van der Waals surface area (Å²) >= 11 is 0. The van der Waals surface area contributed by atoms with E-state index in [1.54, 1.807) is 0 Å². The van der Waals surface area contributed by atoms with Crippen LogP contribution in [0.1, 0.15) is 22.3 Å². The lowest BCUT2D eigenvalue weighted by Crippen LogP contribution is -2.29. The standard InChI is InChI=1S/C33H22/c1-3-13-25(14-4-1)33(26-15-5-2-6-16-26)31-27-17-9-7-11-23(27)19-21-29(31)30-22-20-24-12-8-10-18-28(24)32(30)33/h1-22H. The van der Waals surface area contributed by atoms with Crippen LogP contribution in [-0.4, -0.2) is 0 Å². The Labute approximate surface area is 193 Å². The van der Waals surface area contributed by atoms with Crippen molar-refractivity contribution in [2.75, 3.05) is 0 Å². The van der Waals surface area contributed by atoms with E-state index in [1.807, 2.05) is 0 Å². The lowest BCUT2D eigenvalue weighted by molar-refractivity contribution is 0.782. The highest BCUT2D eigenvalue weighted by molar-refractivity contribution is 6.06. The molecule has 33 heavy (non-hydrogen) atoms. The molecule has 0 aromatic heterocycles. The summed E-state index contributed by atoms with van der Waals surface area (Å²) in [6, 6.07) is 49.0. The van der Waals surface area contributed by atoms with Gasteiger partial charge in [0.2, 0.25) is 0 Å². The van der Waals surface area contributed by atoms with Gasteiger partial charge in [-0.3, -0.25) is 0 Å². The number of benzene rings is 6. The van der Waals surface area contributed by atoms with Crippen molar-refractivity contribution in [3.8, 4) is 11.1 Å². The molecular weight excluding hydrogens is 396 g/mol. The quantitative estimate of drug-likeness (QED) is 0.265. The van der Waals surface area contributed by atoms with Gasteiger partial charge in [0.15, 0.2) is 0 Å². The lowest BCUT2D eigenvalue weighted by atomic mass is 9.66. The van der Waals surface area contributed by atoms with Gasteiger partial charge in [-0.2, -0.15) is 0 Å². The second kappa shape index (κ2) is 6.92. The van der Waals surface area contributed by atoms with Gasteiger partial charge in [0.25, 0.3) is 0 Å². The van der Waals surface area contributed by atoms with E-state index in [-0.39, 0.29) is 0 Å². The first-order valence-electron chi connectivity index (χ1n) is 11.5. The minimum atomic E-state index is -0.394. The summed E-state index contributed by atoms with van der Waals surface area (Å²) < 4.78 is 0. The van der Waals surface area contributed by atoms with Crippen LogP contribution in [0.3, 0.4) is 0 Å². The molecule has 0 atom stereocenters. The van der Waals surface area contributed by atoms with Crippen molar-refractivity contribution in [2.45, 2.75) is 5.41 Å². The molecule has 6 aromatic carbocycles. The van der Waals surface area contributed by atoms with Crippen molar-refractivity contribution in [3.63, 3.8) is 0 Å². The minimum Gasteiger partial charge on any atom is -0.0622 e. The zero-order valence-electron chi connectivity index (χ0n) is 18.2. The number of fused-ring (bicyclic) bond motifs is 7. The maximum Gasteiger partial charge on any atom is 0.0725 e. The molecule has 154 valence electrons. The highest BCUT2D eigenvalue weighted by atomic mass is 14.5. The van der Waals surface area contributed by atoms with Crippen molar-refractivity contribution in [2.24, 2.45) is 0 Å². The zero-order valence-corrected chi connectivity index (χ0v) is 18.2. The molecule has 7 rings (SSSR count). The fraction of sp³-hybridized carbons (Fsp3) is 0.0303. The van der Waals surface area contributed by atoms with Crippen LogP contribution in [0, 0.1) is 0 Å². The highest BCUT2D eigenvalue weighted by Gasteiger charge is 2.47. The summed E-state index contributed by atoms with van der Waals surface area (Å²) in [6.45, 7) is 0. The van der Waals surface area contributed by atoms with Crippen molar-refractivity contribution in [1.29, 1.82) is 0 Å². The number of hydrogen-bond acceptors (Lipinski definition) is 0. The molecule has 0 fully saturated rings. The van der Waals surface area contributed by atoms with Gasteiger partial charge in [0.05, 0.1) is 5.41 Å². The van der Waals surface area contributed by atoms with Crippen LogP contribution in [0.4, 0.5) is 0 Å². The third kappa shape index (κ3) is 2.41. The molecule has 0 nitrogen and oxygen atoms in total. The molecule has 0 spiro atoms. The summed E-state index contributed by atoms with van der Waals surface area (Å²) in [5.41, 5.74) is 7.68. The van der Waals surface area contributed by atoms with Crippen molar-refractivity contribution in [1.82, 2.24) is 0 Å². The first-order chi connectivity index (χ1) is 16.4. The number of rotatable bonds is 2. The van der Waals surface area contributed by atoms with Crippen LogP contribution < -0.4 is 0 Å². The SMILES string of the molecule is c1ccc(C2(c3ccccc3)c3c(ccc4ccccc34)-c3ccc4ccccc4c32)cc1. The largest absolute Gasteiger partial charge is 0.0725 e. The predicted molar refractivity (Wildman–Crippen MR) is 139 cm³/mol. The van der Waals surface area contributed by atoms with Gasteiger partial charge in [0, 0.05) is 0 Å². The zero-order chi connectivity index (χ0) is 21.8. The maximum atomic E-state index is 2.33. The topological polar surface area (TPSA) is 0 Å². The molecule has 0 bridgehead atoms. The van der Waals surface area contributed by atoms with E-state index in [4.69, 9.17) is 0 Å². The molecule has 0 heteroatoms. The molecule has 0 amide bonds. The third-order valence-electron chi connectivity index (χ3n) is 7.31. The maximum absolute atomic E-state index is 2.33. The summed E-state index contributed by atoms with van der Waals surface area (Å²) in [4.78, 5) is 0. The normalized spacial score (nSPS) is 13.7. The minimum absolute atomic E-state index is 0.394. The Morgan fingerprint density at radius 3 is 1.18 bits per heavy atom. The van der Waals surface area contributed by atoms with Gasteiger partial charge in [-0.15, -0.1) is 0 Å². The summed E-state index contributed by atoms with van der Waals surface area (Å²) in [7, 11) is 0. The van der Waals surface area contributed by atoms with Gasteiger partial charge in [0.1, 0.15) is 0 Å². The Morgan fingerprint density at radius 2 is 0.727 bits per heavy atom. The van der Waals surface area contributed by atoms with Crippen LogP contribution in [0.15, 0.2) is 133 Å². The first-order valence-corrected chi connectivity index (χ1v) is 11.5. The van der Waals surface area contributed by atoms with Gasteiger partial charge < -0.3 is 0 Å². The monoisotopic (exact) mass is 418 g/mol. The smallest absolute Gasteiger partial charge is 0.0622 e. The fourth-order valence-electron chi connectivity index (χ4n) is 6.05. The van der Waals surface area contributed by atoms with Crippen molar-refractivity contribution in [3.05, 3.63) is 156 Å². The third-order valence-corrected chi connectivity index (χ3v) is 7.31. The van der Waals surface area contributed by atoms with Crippen LogP contribution >= 0.6 is 0 Å². The second-order valence-corrected chi connectivity index (χ2v) is 8.90. The molecule has 0 heterocycles. The van der Waals surface area contributed by atoms with E-state index in [2.05, 4.69) is 133 Å². The fourth-order valence-corrected chi connectivity index (χ4v) is 6.05. The molecule has 0 radical (unpaired) electrons. The number of hydrogen-bond donors (Lipinski definition) is 0. The average molecular weight is 419 g/mol. The molecule has 0 saturated heterocycles. The Morgan fingerprint density at radius 1 is 0.333 bits per heavy atom. The van der Waals surface area contributed by atoms with E-state index in [1.165, 1.54) is 54.9 Å². The Kier molecular flexibility index (Phi) is 3.86. The van der Waals surface area contributed by atoms with E-state index in [0.29, 0.717) is 0 Å². The van der Waals surface area contributed by atoms with E-state index < -0.39 is 5.41 Å². The molecule has 0 aliphatic heterocycles. The summed E-state index contributed by atoms with van der Waals surface area (Å²) in [5.74, 6) is 0. The van der Waals surface area contributed by atoms with Crippen LogP contribution in [0.5, 0.6) is 0 Å². The molecule has 0 N–H and O–H groups in total.